The molecule has 0 saturated carbocycles. The summed E-state index contributed by atoms with van der Waals surface area (Å²) in [4.78, 5) is 30.3. The maximum absolute atomic E-state index is 13.0. The van der Waals surface area contributed by atoms with E-state index in [9.17, 15) is 9.59 Å². The molecule has 0 fully saturated rings. The minimum absolute atomic E-state index is 0.0739. The third-order valence-corrected chi connectivity index (χ3v) is 4.87. The van der Waals surface area contributed by atoms with Crippen molar-refractivity contribution < 1.29 is 9.59 Å². The summed E-state index contributed by atoms with van der Waals surface area (Å²) in [5.41, 5.74) is 5.19. The first kappa shape index (κ1) is 18.7. The monoisotopic (exact) mass is 386 g/mol. The second-order valence-electron chi connectivity index (χ2n) is 7.06. The van der Waals surface area contributed by atoms with Crippen LogP contribution in [0.1, 0.15) is 28.5 Å². The van der Waals surface area contributed by atoms with Crippen molar-refractivity contribution in [3.8, 4) is 0 Å². The van der Waals surface area contributed by atoms with Crippen LogP contribution in [0.3, 0.4) is 0 Å². The molecular weight excluding hydrogens is 364 g/mol. The summed E-state index contributed by atoms with van der Waals surface area (Å²) >= 11 is 0. The zero-order valence-corrected chi connectivity index (χ0v) is 16.2. The smallest absolute Gasteiger partial charge is 0.272 e. The molecule has 6 nitrogen and oxygen atoms in total. The Hall–Kier alpha value is -3.67. The second-order valence-corrected chi connectivity index (χ2v) is 7.06. The molecule has 0 spiro atoms. The summed E-state index contributed by atoms with van der Waals surface area (Å²) in [6.07, 6.45) is 2.49. The standard InChI is InChI=1S/C23H22N4O2/c1-16(28)25-19-7-4-8-20(13-19)26-21-9-11-24-22(14-21)23(29)27-12-10-17-5-2-3-6-18(17)15-27/h2-9,11,13-14H,10,12,15H2,1H3,(H,24,26)(H,25,28). The Kier molecular flexibility index (Phi) is 5.24. The minimum Gasteiger partial charge on any atom is -0.355 e. The van der Waals surface area contributed by atoms with E-state index in [2.05, 4.69) is 27.8 Å². The molecule has 0 bridgehead atoms. The first-order valence-electron chi connectivity index (χ1n) is 9.55. The molecule has 6 heteroatoms. The predicted molar refractivity (Wildman–Crippen MR) is 113 cm³/mol. The highest BCUT2D eigenvalue weighted by molar-refractivity contribution is 5.93. The van der Waals surface area contributed by atoms with E-state index in [4.69, 9.17) is 0 Å². The lowest BCUT2D eigenvalue weighted by Crippen LogP contribution is -2.36. The van der Waals surface area contributed by atoms with E-state index in [1.807, 2.05) is 47.4 Å². The number of hydrogen-bond donors (Lipinski definition) is 2. The number of carbonyl (C=O) groups excluding carboxylic acids is 2. The number of nitrogens with zero attached hydrogens (tertiary/aromatic N) is 2. The molecule has 1 aliphatic heterocycles. The Labute approximate surface area is 169 Å². The fourth-order valence-corrected chi connectivity index (χ4v) is 3.50. The average Bonchev–Trinajstić information content (AvgIpc) is 2.73. The zero-order valence-electron chi connectivity index (χ0n) is 16.2. The Morgan fingerprint density at radius 1 is 0.931 bits per heavy atom. The van der Waals surface area contributed by atoms with Gasteiger partial charge in [-0.2, -0.15) is 0 Å². The number of anilines is 3. The van der Waals surface area contributed by atoms with Crippen LogP contribution >= 0.6 is 0 Å². The Bertz CT molecular complexity index is 1060. The summed E-state index contributed by atoms with van der Waals surface area (Å²) in [6.45, 7) is 2.76. The predicted octanol–water partition coefficient (Wildman–Crippen LogP) is 3.98. The molecule has 0 radical (unpaired) electrons. The molecule has 2 heterocycles. The molecule has 4 rings (SSSR count). The van der Waals surface area contributed by atoms with Gasteiger partial charge in [-0.25, -0.2) is 0 Å². The van der Waals surface area contributed by atoms with Crippen molar-refractivity contribution in [3.05, 3.63) is 83.7 Å². The van der Waals surface area contributed by atoms with Gasteiger partial charge in [0.2, 0.25) is 5.91 Å². The normalized spacial score (nSPS) is 12.8. The van der Waals surface area contributed by atoms with Crippen LogP contribution in [-0.4, -0.2) is 28.2 Å². The lowest BCUT2D eigenvalue weighted by molar-refractivity contribution is -0.114. The molecule has 2 aromatic carbocycles. The summed E-state index contributed by atoms with van der Waals surface area (Å²) < 4.78 is 0. The first-order valence-corrected chi connectivity index (χ1v) is 9.55. The van der Waals surface area contributed by atoms with E-state index in [0.29, 0.717) is 24.5 Å². The molecule has 1 aromatic heterocycles. The first-order chi connectivity index (χ1) is 14.1. The van der Waals surface area contributed by atoms with Crippen LogP contribution < -0.4 is 10.6 Å². The van der Waals surface area contributed by atoms with Crippen LogP contribution in [0.5, 0.6) is 0 Å². The number of nitrogens with one attached hydrogen (secondary N) is 2. The van der Waals surface area contributed by atoms with Gasteiger partial charge in [-0.3, -0.25) is 14.6 Å². The highest BCUT2D eigenvalue weighted by Gasteiger charge is 2.22. The quantitative estimate of drug-likeness (QED) is 0.711. The molecule has 3 aromatic rings. The van der Waals surface area contributed by atoms with Crippen LogP contribution in [0.15, 0.2) is 66.9 Å². The Morgan fingerprint density at radius 3 is 2.52 bits per heavy atom. The molecule has 29 heavy (non-hydrogen) atoms. The van der Waals surface area contributed by atoms with Gasteiger partial charge in [0.1, 0.15) is 5.69 Å². The maximum atomic E-state index is 13.0. The van der Waals surface area contributed by atoms with Gasteiger partial charge >= 0.3 is 0 Å². The molecule has 1 aliphatic rings. The summed E-state index contributed by atoms with van der Waals surface area (Å²) in [7, 11) is 0. The van der Waals surface area contributed by atoms with Crippen molar-refractivity contribution in [3.63, 3.8) is 0 Å². The molecule has 0 saturated heterocycles. The van der Waals surface area contributed by atoms with Gasteiger partial charge in [0.05, 0.1) is 0 Å². The maximum Gasteiger partial charge on any atom is 0.272 e. The van der Waals surface area contributed by atoms with Crippen molar-refractivity contribution in [1.82, 2.24) is 9.88 Å². The number of benzene rings is 2. The Morgan fingerprint density at radius 2 is 1.69 bits per heavy atom. The number of pyridine rings is 1. The number of carbonyl (C=O) groups is 2. The molecule has 0 aliphatic carbocycles. The van der Waals surface area contributed by atoms with Gasteiger partial charge in [-0.05, 0) is 47.9 Å². The minimum atomic E-state index is -0.123. The number of fused-ring (bicyclic) bond motifs is 1. The van der Waals surface area contributed by atoms with E-state index >= 15 is 0 Å². The number of aromatic nitrogens is 1. The molecule has 2 N–H and O–H groups in total. The van der Waals surface area contributed by atoms with Crippen LogP contribution in [0.2, 0.25) is 0 Å². The molecule has 0 unspecified atom stereocenters. The third-order valence-electron chi connectivity index (χ3n) is 4.87. The molecule has 0 atom stereocenters. The van der Waals surface area contributed by atoms with Crippen LogP contribution in [0, 0.1) is 0 Å². The highest BCUT2D eigenvalue weighted by Crippen LogP contribution is 2.23. The van der Waals surface area contributed by atoms with E-state index in [0.717, 1.165) is 17.8 Å². The van der Waals surface area contributed by atoms with Crippen LogP contribution in [0.4, 0.5) is 17.1 Å². The lowest BCUT2D eigenvalue weighted by atomic mass is 10.00. The van der Waals surface area contributed by atoms with Crippen molar-refractivity contribution in [2.24, 2.45) is 0 Å². The fourth-order valence-electron chi connectivity index (χ4n) is 3.50. The van der Waals surface area contributed by atoms with Crippen molar-refractivity contribution in [1.29, 1.82) is 0 Å². The average molecular weight is 386 g/mol. The van der Waals surface area contributed by atoms with Crippen LogP contribution in [0.25, 0.3) is 0 Å². The van der Waals surface area contributed by atoms with Gasteiger partial charge in [0.15, 0.2) is 0 Å². The third kappa shape index (κ3) is 4.43. The van der Waals surface area contributed by atoms with E-state index in [1.165, 1.54) is 18.1 Å². The molecule has 146 valence electrons. The van der Waals surface area contributed by atoms with E-state index < -0.39 is 0 Å². The summed E-state index contributed by atoms with van der Waals surface area (Å²) in [5.74, 6) is -0.197. The second kappa shape index (κ2) is 8.14. The van der Waals surface area contributed by atoms with Gasteiger partial charge in [0.25, 0.3) is 5.91 Å². The van der Waals surface area contributed by atoms with Crippen molar-refractivity contribution in [2.45, 2.75) is 19.9 Å². The van der Waals surface area contributed by atoms with E-state index in [-0.39, 0.29) is 11.8 Å². The lowest BCUT2D eigenvalue weighted by Gasteiger charge is -2.28. The zero-order chi connectivity index (χ0) is 20.2. The van der Waals surface area contributed by atoms with Crippen molar-refractivity contribution in [2.75, 3.05) is 17.2 Å². The number of amides is 2. The Balaban J connectivity index is 1.49. The topological polar surface area (TPSA) is 74.3 Å². The van der Waals surface area contributed by atoms with Crippen molar-refractivity contribution >= 4 is 28.9 Å². The van der Waals surface area contributed by atoms with Gasteiger partial charge in [0, 0.05) is 43.3 Å². The molecule has 2 amide bonds. The van der Waals surface area contributed by atoms with Gasteiger partial charge < -0.3 is 15.5 Å². The number of rotatable bonds is 4. The summed E-state index contributed by atoms with van der Waals surface area (Å²) in [5, 5.41) is 6.03. The summed E-state index contributed by atoms with van der Waals surface area (Å²) in [6, 6.07) is 19.2. The number of hydrogen-bond acceptors (Lipinski definition) is 4. The van der Waals surface area contributed by atoms with Gasteiger partial charge in [-0.15, -0.1) is 0 Å². The van der Waals surface area contributed by atoms with Crippen LogP contribution in [-0.2, 0) is 17.8 Å². The molecular formula is C23H22N4O2. The largest absolute Gasteiger partial charge is 0.355 e. The highest BCUT2D eigenvalue weighted by atomic mass is 16.2. The SMILES string of the molecule is CC(=O)Nc1cccc(Nc2ccnc(C(=O)N3CCc4ccccc4C3)c2)c1. The van der Waals surface area contributed by atoms with Gasteiger partial charge in [-0.1, -0.05) is 30.3 Å². The fraction of sp³-hybridized carbons (Fsp3) is 0.174. The van der Waals surface area contributed by atoms with E-state index in [1.54, 1.807) is 12.3 Å².